The number of nitrogens with one attached hydrogen (secondary N) is 1. The zero-order valence-electron chi connectivity index (χ0n) is 11.3. The predicted molar refractivity (Wildman–Crippen MR) is 77.2 cm³/mol. The normalized spacial score (nSPS) is 11.2. The van der Waals surface area contributed by atoms with Crippen LogP contribution in [0.15, 0.2) is 30.3 Å². The molecule has 1 aromatic carbocycles. The van der Waals surface area contributed by atoms with Gasteiger partial charge in [0.2, 0.25) is 0 Å². The molecule has 1 N–H and O–H groups in total. The summed E-state index contributed by atoms with van der Waals surface area (Å²) in [4.78, 5) is 2.17. The highest BCUT2D eigenvalue weighted by Crippen LogP contribution is 2.35. The molecule has 0 bridgehead atoms. The Morgan fingerprint density at radius 2 is 1.90 bits per heavy atom. The fourth-order valence-electron chi connectivity index (χ4n) is 1.89. The molecule has 0 spiro atoms. The first-order valence-electron chi connectivity index (χ1n) is 6.37. The van der Waals surface area contributed by atoms with E-state index in [0.717, 1.165) is 17.4 Å². The van der Waals surface area contributed by atoms with E-state index in [0.29, 0.717) is 6.54 Å². The minimum atomic E-state index is -4.49. The number of anilines is 1. The number of hydrogen-bond donors (Lipinski definition) is 1. The molecule has 0 aliphatic carbocycles. The van der Waals surface area contributed by atoms with Gasteiger partial charge in [-0.2, -0.15) is 18.4 Å². The average Bonchev–Trinajstić information content (AvgIpc) is 2.92. The summed E-state index contributed by atoms with van der Waals surface area (Å²) in [5.41, 5.74) is -0.820. The first-order valence-corrected chi connectivity index (χ1v) is 7.18. The van der Waals surface area contributed by atoms with E-state index in [1.54, 1.807) is 17.4 Å². The molecule has 1 aromatic heterocycles. The molecule has 6 heteroatoms. The summed E-state index contributed by atoms with van der Waals surface area (Å²) >= 11 is 1.58. The lowest BCUT2D eigenvalue weighted by atomic mass is 10.1. The van der Waals surface area contributed by atoms with Crippen molar-refractivity contribution < 1.29 is 13.2 Å². The molecule has 110 valence electrons. The minimum absolute atomic E-state index is 0.00253. The van der Waals surface area contributed by atoms with Crippen molar-refractivity contribution in [1.29, 1.82) is 5.26 Å². The van der Waals surface area contributed by atoms with Crippen LogP contribution in [0, 0.1) is 11.3 Å². The molecule has 2 aromatic rings. The maximum atomic E-state index is 13.0. The molecule has 0 saturated heterocycles. The molecule has 1 heterocycles. The predicted octanol–water partition coefficient (Wildman–Crippen LogP) is 4.81. The smallest absolute Gasteiger partial charge is 0.380 e. The van der Waals surface area contributed by atoms with Gasteiger partial charge in [-0.1, -0.05) is 6.92 Å². The lowest BCUT2D eigenvalue weighted by Gasteiger charge is -2.14. The van der Waals surface area contributed by atoms with Crippen molar-refractivity contribution in [3.8, 4) is 6.07 Å². The van der Waals surface area contributed by atoms with Gasteiger partial charge in [0.15, 0.2) is 0 Å². The number of aryl methyl sites for hydroxylation is 1. The molecule has 0 radical (unpaired) electrons. The molecule has 0 atom stereocenters. The number of benzene rings is 1. The summed E-state index contributed by atoms with van der Waals surface area (Å²) in [5, 5.41) is 11.5. The van der Waals surface area contributed by atoms with Crippen LogP contribution >= 0.6 is 11.3 Å². The lowest BCUT2D eigenvalue weighted by Crippen LogP contribution is -2.11. The van der Waals surface area contributed by atoms with Crippen LogP contribution in [0.5, 0.6) is 0 Å². The van der Waals surface area contributed by atoms with Crippen molar-refractivity contribution in [3.05, 3.63) is 51.2 Å². The number of nitrogens with zero attached hydrogens (tertiary/aromatic N) is 1. The van der Waals surface area contributed by atoms with Gasteiger partial charge in [0.25, 0.3) is 0 Å². The molecule has 0 fully saturated rings. The van der Waals surface area contributed by atoms with Crippen molar-refractivity contribution in [3.63, 3.8) is 0 Å². The van der Waals surface area contributed by atoms with E-state index in [2.05, 4.69) is 5.32 Å². The third-order valence-electron chi connectivity index (χ3n) is 2.97. The van der Waals surface area contributed by atoms with Crippen molar-refractivity contribution in [2.45, 2.75) is 26.1 Å². The molecule has 0 amide bonds. The van der Waals surface area contributed by atoms with E-state index in [1.807, 2.05) is 19.1 Å². The zero-order valence-corrected chi connectivity index (χ0v) is 12.1. The maximum Gasteiger partial charge on any atom is 0.418 e. The van der Waals surface area contributed by atoms with Gasteiger partial charge >= 0.3 is 6.18 Å². The van der Waals surface area contributed by atoms with Gasteiger partial charge in [-0.15, -0.1) is 11.3 Å². The summed E-state index contributed by atoms with van der Waals surface area (Å²) < 4.78 is 39.0. The second-order valence-electron chi connectivity index (χ2n) is 4.45. The number of alkyl halides is 3. The van der Waals surface area contributed by atoms with Gasteiger partial charge in [-0.05, 0) is 36.8 Å². The van der Waals surface area contributed by atoms with Crippen LogP contribution in [-0.2, 0) is 19.1 Å². The van der Waals surface area contributed by atoms with Crippen molar-refractivity contribution in [1.82, 2.24) is 0 Å². The first kappa shape index (κ1) is 15.4. The molecule has 21 heavy (non-hydrogen) atoms. The van der Waals surface area contributed by atoms with E-state index in [4.69, 9.17) is 5.26 Å². The van der Waals surface area contributed by atoms with Crippen molar-refractivity contribution in [2.24, 2.45) is 0 Å². The van der Waals surface area contributed by atoms with Crippen LogP contribution in [0.4, 0.5) is 18.9 Å². The third-order valence-corrected chi connectivity index (χ3v) is 4.20. The van der Waals surface area contributed by atoms with E-state index in [9.17, 15) is 13.2 Å². The molecule has 2 rings (SSSR count). The fourth-order valence-corrected chi connectivity index (χ4v) is 2.79. The van der Waals surface area contributed by atoms with Crippen LogP contribution in [0.3, 0.4) is 0 Å². The summed E-state index contributed by atoms with van der Waals surface area (Å²) in [6.45, 7) is 2.37. The highest BCUT2D eigenvalue weighted by molar-refractivity contribution is 7.12. The Labute approximate surface area is 124 Å². The van der Waals surface area contributed by atoms with Gasteiger partial charge in [0.1, 0.15) is 0 Å². The second-order valence-corrected chi connectivity index (χ2v) is 5.70. The molecule has 2 nitrogen and oxygen atoms in total. The van der Waals surface area contributed by atoms with E-state index >= 15 is 0 Å². The number of thiophene rings is 1. The molecular weight excluding hydrogens is 297 g/mol. The summed E-state index contributed by atoms with van der Waals surface area (Å²) in [5.74, 6) is 0. The van der Waals surface area contributed by atoms with Crippen LogP contribution < -0.4 is 5.32 Å². The summed E-state index contributed by atoms with van der Waals surface area (Å²) in [6.07, 6.45) is -3.57. The van der Waals surface area contributed by atoms with Gasteiger partial charge in [0, 0.05) is 22.0 Å². The molecular formula is C15H13F3N2S. The van der Waals surface area contributed by atoms with Gasteiger partial charge in [0.05, 0.1) is 17.2 Å². The number of halogens is 3. The Hall–Kier alpha value is -2.00. The SMILES string of the molecule is CCc1ccc(CNc2ccc(C#N)cc2C(F)(F)F)s1. The second kappa shape index (κ2) is 6.19. The average molecular weight is 310 g/mol. The quantitative estimate of drug-likeness (QED) is 0.879. The highest BCUT2D eigenvalue weighted by Gasteiger charge is 2.33. The van der Waals surface area contributed by atoms with Crippen molar-refractivity contribution in [2.75, 3.05) is 5.32 Å². The molecule has 0 aliphatic heterocycles. The summed E-state index contributed by atoms with van der Waals surface area (Å²) in [6, 6.07) is 9.16. The first-order chi connectivity index (χ1) is 9.94. The molecule has 0 aliphatic rings. The topological polar surface area (TPSA) is 35.8 Å². The summed E-state index contributed by atoms with van der Waals surface area (Å²) in [7, 11) is 0. The van der Waals surface area contributed by atoms with Crippen molar-refractivity contribution >= 4 is 17.0 Å². The minimum Gasteiger partial charge on any atom is -0.380 e. The van der Waals surface area contributed by atoms with Crippen LogP contribution in [0.2, 0.25) is 0 Å². The monoisotopic (exact) mass is 310 g/mol. The Balaban J connectivity index is 2.21. The van der Waals surface area contributed by atoms with E-state index in [-0.39, 0.29) is 11.3 Å². The zero-order chi connectivity index (χ0) is 15.5. The Morgan fingerprint density at radius 1 is 1.19 bits per heavy atom. The van der Waals surface area contributed by atoms with Crippen LogP contribution in [0.25, 0.3) is 0 Å². The third kappa shape index (κ3) is 3.76. The largest absolute Gasteiger partial charge is 0.418 e. The number of hydrogen-bond acceptors (Lipinski definition) is 3. The van der Waals surface area contributed by atoms with Gasteiger partial charge in [-0.3, -0.25) is 0 Å². The Kier molecular flexibility index (Phi) is 4.53. The number of nitriles is 1. The maximum absolute atomic E-state index is 13.0. The Morgan fingerprint density at radius 3 is 2.48 bits per heavy atom. The number of rotatable bonds is 4. The highest BCUT2D eigenvalue weighted by atomic mass is 32.1. The van der Waals surface area contributed by atoms with Crippen LogP contribution in [-0.4, -0.2) is 0 Å². The Bertz CT molecular complexity index is 668. The standard InChI is InChI=1S/C15H13F3N2S/c1-2-11-4-5-12(21-11)9-20-14-6-3-10(8-19)7-13(14)15(16,17)18/h3-7,20H,2,9H2,1H3. The van der Waals surface area contributed by atoms with Gasteiger partial charge < -0.3 is 5.32 Å². The molecule has 0 saturated carbocycles. The van der Waals surface area contributed by atoms with Gasteiger partial charge in [-0.25, -0.2) is 0 Å². The van der Waals surface area contributed by atoms with E-state index in [1.165, 1.54) is 17.0 Å². The fraction of sp³-hybridized carbons (Fsp3) is 0.267. The lowest BCUT2D eigenvalue weighted by molar-refractivity contribution is -0.137. The van der Waals surface area contributed by atoms with E-state index < -0.39 is 11.7 Å². The van der Waals surface area contributed by atoms with Crippen LogP contribution in [0.1, 0.15) is 27.8 Å². The molecule has 0 unspecified atom stereocenters.